The van der Waals surface area contributed by atoms with E-state index in [0.717, 1.165) is 4.57 Å². The maximum Gasteiger partial charge on any atom is 0.352 e. The fourth-order valence-electron chi connectivity index (χ4n) is 0.846. The van der Waals surface area contributed by atoms with Crippen LogP contribution in [0.1, 0.15) is 5.69 Å². The van der Waals surface area contributed by atoms with Crippen molar-refractivity contribution in [3.63, 3.8) is 0 Å². The quantitative estimate of drug-likeness (QED) is 0.704. The van der Waals surface area contributed by atoms with Gasteiger partial charge in [0, 0.05) is 6.20 Å². The molecule has 6 heteroatoms. The number of aromatic nitrogens is 2. The Labute approximate surface area is 84.8 Å². The standard InChI is InChI=1S/C9H8N2O4/c1-5(8(12)13)7-3-11(4-10-7)6(2)9(14)15/h3-4H,1-2H2,(H,12,13)(H,14,15). The van der Waals surface area contributed by atoms with Gasteiger partial charge in [0.05, 0.1) is 11.3 Å². The van der Waals surface area contributed by atoms with Gasteiger partial charge in [-0.3, -0.25) is 4.57 Å². The lowest BCUT2D eigenvalue weighted by molar-refractivity contribution is -0.131. The van der Waals surface area contributed by atoms with Gasteiger partial charge in [0.2, 0.25) is 0 Å². The lowest BCUT2D eigenvalue weighted by atomic mass is 10.2. The maximum atomic E-state index is 10.5. The zero-order chi connectivity index (χ0) is 11.6. The first-order valence-electron chi connectivity index (χ1n) is 3.82. The first kappa shape index (κ1) is 10.7. The van der Waals surface area contributed by atoms with Gasteiger partial charge in [0.1, 0.15) is 12.0 Å². The highest BCUT2D eigenvalue weighted by Crippen LogP contribution is 2.11. The minimum Gasteiger partial charge on any atom is -0.478 e. The highest BCUT2D eigenvalue weighted by molar-refractivity contribution is 6.14. The molecule has 1 rings (SSSR count). The Hall–Kier alpha value is -2.37. The van der Waals surface area contributed by atoms with Crippen LogP contribution in [0.15, 0.2) is 25.7 Å². The minimum absolute atomic E-state index is 0.102. The topological polar surface area (TPSA) is 92.4 Å². The van der Waals surface area contributed by atoms with Gasteiger partial charge in [-0.05, 0) is 0 Å². The molecule has 0 atom stereocenters. The molecule has 0 fully saturated rings. The fraction of sp³-hybridized carbons (Fsp3) is 0. The minimum atomic E-state index is -1.21. The third-order valence-electron chi connectivity index (χ3n) is 1.71. The number of imidazole rings is 1. The third-order valence-corrected chi connectivity index (χ3v) is 1.71. The van der Waals surface area contributed by atoms with Crippen molar-refractivity contribution in [3.05, 3.63) is 31.4 Å². The molecule has 15 heavy (non-hydrogen) atoms. The van der Waals surface area contributed by atoms with Gasteiger partial charge in [-0.25, -0.2) is 14.6 Å². The largest absolute Gasteiger partial charge is 0.478 e. The summed E-state index contributed by atoms with van der Waals surface area (Å²) in [4.78, 5) is 24.8. The van der Waals surface area contributed by atoms with Gasteiger partial charge in [-0.1, -0.05) is 13.2 Å². The predicted octanol–water partition coefficient (Wildman–Crippen LogP) is 0.536. The molecule has 0 unspecified atom stereocenters. The number of hydrogen-bond acceptors (Lipinski definition) is 3. The molecule has 0 radical (unpaired) electrons. The second-order valence-electron chi connectivity index (χ2n) is 2.70. The van der Waals surface area contributed by atoms with E-state index in [0.29, 0.717) is 0 Å². The van der Waals surface area contributed by atoms with Crippen molar-refractivity contribution in [1.82, 2.24) is 9.55 Å². The van der Waals surface area contributed by atoms with E-state index in [1.807, 2.05) is 0 Å². The van der Waals surface area contributed by atoms with Crippen LogP contribution in [0.25, 0.3) is 11.3 Å². The van der Waals surface area contributed by atoms with Gasteiger partial charge in [0.25, 0.3) is 0 Å². The highest BCUT2D eigenvalue weighted by atomic mass is 16.4. The van der Waals surface area contributed by atoms with Crippen molar-refractivity contribution < 1.29 is 19.8 Å². The zero-order valence-corrected chi connectivity index (χ0v) is 7.67. The van der Waals surface area contributed by atoms with Crippen molar-refractivity contribution in [2.45, 2.75) is 0 Å². The molecular formula is C9H8N2O4. The van der Waals surface area contributed by atoms with Crippen molar-refractivity contribution in [3.8, 4) is 0 Å². The summed E-state index contributed by atoms with van der Waals surface area (Å²) in [7, 11) is 0. The number of carboxylic acid groups (broad SMARTS) is 2. The van der Waals surface area contributed by atoms with E-state index in [2.05, 4.69) is 18.1 Å². The molecule has 2 N–H and O–H groups in total. The number of aliphatic carboxylic acids is 2. The average molecular weight is 208 g/mol. The summed E-state index contributed by atoms with van der Waals surface area (Å²) < 4.78 is 1.12. The molecule has 0 spiro atoms. The van der Waals surface area contributed by atoms with E-state index in [9.17, 15) is 9.59 Å². The van der Waals surface area contributed by atoms with E-state index in [1.165, 1.54) is 12.5 Å². The van der Waals surface area contributed by atoms with Crippen molar-refractivity contribution in [2.75, 3.05) is 0 Å². The summed E-state index contributed by atoms with van der Waals surface area (Å²) in [6.45, 7) is 6.58. The van der Waals surface area contributed by atoms with Gasteiger partial charge >= 0.3 is 11.9 Å². The normalized spacial score (nSPS) is 9.60. The second-order valence-corrected chi connectivity index (χ2v) is 2.70. The van der Waals surface area contributed by atoms with E-state index in [1.54, 1.807) is 0 Å². The SMILES string of the molecule is C=C(C(=O)O)c1cn(C(=C)C(=O)O)cn1. The maximum absolute atomic E-state index is 10.5. The van der Waals surface area contributed by atoms with Crippen LogP contribution < -0.4 is 0 Å². The molecule has 0 aromatic carbocycles. The summed E-state index contributed by atoms with van der Waals surface area (Å²) in [6.07, 6.45) is 2.41. The monoisotopic (exact) mass is 208 g/mol. The Morgan fingerprint density at radius 1 is 1.27 bits per heavy atom. The van der Waals surface area contributed by atoms with Gasteiger partial charge < -0.3 is 10.2 Å². The van der Waals surface area contributed by atoms with E-state index < -0.39 is 11.9 Å². The lowest BCUT2D eigenvalue weighted by Gasteiger charge is -1.98. The number of nitrogens with zero attached hydrogens (tertiary/aromatic N) is 2. The van der Waals surface area contributed by atoms with Crippen molar-refractivity contribution in [1.29, 1.82) is 0 Å². The Morgan fingerprint density at radius 3 is 2.33 bits per heavy atom. The Kier molecular flexibility index (Phi) is 2.70. The third kappa shape index (κ3) is 2.11. The molecule has 1 heterocycles. The van der Waals surface area contributed by atoms with E-state index in [-0.39, 0.29) is 17.0 Å². The van der Waals surface area contributed by atoms with E-state index >= 15 is 0 Å². The second kappa shape index (κ2) is 3.79. The van der Waals surface area contributed by atoms with Crippen LogP contribution in [0.5, 0.6) is 0 Å². The number of carboxylic acids is 2. The summed E-state index contributed by atoms with van der Waals surface area (Å²) in [6, 6.07) is 0. The molecule has 0 bridgehead atoms. The molecule has 0 aliphatic carbocycles. The van der Waals surface area contributed by atoms with Crippen LogP contribution >= 0.6 is 0 Å². The predicted molar refractivity (Wildman–Crippen MR) is 51.9 cm³/mol. The van der Waals surface area contributed by atoms with Gasteiger partial charge in [-0.15, -0.1) is 0 Å². The Morgan fingerprint density at radius 2 is 1.87 bits per heavy atom. The van der Waals surface area contributed by atoms with Crippen molar-refractivity contribution in [2.24, 2.45) is 0 Å². The number of rotatable bonds is 4. The van der Waals surface area contributed by atoms with Gasteiger partial charge in [0.15, 0.2) is 0 Å². The molecule has 0 saturated carbocycles. The van der Waals surface area contributed by atoms with Crippen LogP contribution in [0, 0.1) is 0 Å². The Balaban J connectivity index is 3.00. The molecule has 1 aromatic rings. The zero-order valence-electron chi connectivity index (χ0n) is 7.67. The van der Waals surface area contributed by atoms with Crippen LogP contribution in [0.3, 0.4) is 0 Å². The highest BCUT2D eigenvalue weighted by Gasteiger charge is 2.13. The number of carbonyl (C=O) groups is 2. The lowest BCUT2D eigenvalue weighted by Crippen LogP contribution is -2.04. The summed E-state index contributed by atoms with van der Waals surface area (Å²) in [5.41, 5.74) is -0.316. The van der Waals surface area contributed by atoms with Crippen LogP contribution in [-0.2, 0) is 9.59 Å². The summed E-state index contributed by atoms with van der Waals surface area (Å²) >= 11 is 0. The smallest absolute Gasteiger partial charge is 0.352 e. The number of hydrogen-bond donors (Lipinski definition) is 2. The average Bonchev–Trinajstić information content (AvgIpc) is 2.63. The van der Waals surface area contributed by atoms with Crippen molar-refractivity contribution >= 4 is 23.2 Å². The molecule has 0 amide bonds. The van der Waals surface area contributed by atoms with Crippen LogP contribution in [0.2, 0.25) is 0 Å². The van der Waals surface area contributed by atoms with Gasteiger partial charge in [-0.2, -0.15) is 0 Å². The first-order valence-corrected chi connectivity index (χ1v) is 3.82. The van der Waals surface area contributed by atoms with E-state index in [4.69, 9.17) is 10.2 Å². The molecule has 1 aromatic heterocycles. The molecule has 0 aliphatic rings. The summed E-state index contributed by atoms with van der Waals surface area (Å²) in [5.74, 6) is -2.42. The van der Waals surface area contributed by atoms with Crippen LogP contribution in [-0.4, -0.2) is 31.7 Å². The molecular weight excluding hydrogens is 200 g/mol. The molecule has 78 valence electrons. The summed E-state index contributed by atoms with van der Waals surface area (Å²) in [5, 5.41) is 17.2. The Bertz CT molecular complexity index is 418. The van der Waals surface area contributed by atoms with Crippen LogP contribution in [0.4, 0.5) is 0 Å². The first-order chi connectivity index (χ1) is 6.93. The molecule has 6 nitrogen and oxygen atoms in total. The molecule has 0 saturated heterocycles. The molecule has 0 aliphatic heterocycles. The fourth-order valence-corrected chi connectivity index (χ4v) is 0.846.